The predicted octanol–water partition coefficient (Wildman–Crippen LogP) is 3.53. The number of hydrogen-bond acceptors (Lipinski definition) is 4. The minimum Gasteiger partial charge on any atom is -0.480 e. The van der Waals surface area contributed by atoms with Gasteiger partial charge in [-0.2, -0.15) is 0 Å². The van der Waals surface area contributed by atoms with Crippen LogP contribution >= 0.6 is 0 Å². The minimum atomic E-state index is -1.08. The van der Waals surface area contributed by atoms with E-state index in [-0.39, 0.29) is 24.9 Å². The third kappa shape index (κ3) is 5.23. The molecule has 0 saturated carbocycles. The van der Waals surface area contributed by atoms with Gasteiger partial charge < -0.3 is 20.5 Å². The number of alkyl carbamates (subject to hydrolysis) is 1. The first kappa shape index (κ1) is 22.3. The number of nitrogens with one attached hydrogen (secondary N) is 2. The van der Waals surface area contributed by atoms with Crippen molar-refractivity contribution in [2.24, 2.45) is 5.92 Å². The lowest BCUT2D eigenvalue weighted by Crippen LogP contribution is -2.46. The van der Waals surface area contributed by atoms with Crippen molar-refractivity contribution in [2.75, 3.05) is 6.61 Å². The van der Waals surface area contributed by atoms with Crippen LogP contribution in [0.3, 0.4) is 0 Å². The maximum Gasteiger partial charge on any atom is 0.407 e. The number of ether oxygens (including phenoxy) is 1. The molecule has 2 aromatic carbocycles. The molecule has 2 aromatic rings. The molecular formula is C24H28N2O5. The number of amides is 2. The second-order valence-corrected chi connectivity index (χ2v) is 8.20. The van der Waals surface area contributed by atoms with Crippen molar-refractivity contribution in [3.8, 4) is 11.1 Å². The van der Waals surface area contributed by atoms with Crippen molar-refractivity contribution in [2.45, 2.75) is 45.2 Å². The molecule has 0 bridgehead atoms. The van der Waals surface area contributed by atoms with E-state index in [0.717, 1.165) is 22.3 Å². The molecule has 2 atom stereocenters. The molecule has 3 rings (SSSR count). The van der Waals surface area contributed by atoms with Crippen molar-refractivity contribution < 1.29 is 24.2 Å². The number of benzene rings is 2. The second-order valence-electron chi connectivity index (χ2n) is 8.20. The Morgan fingerprint density at radius 2 is 1.48 bits per heavy atom. The van der Waals surface area contributed by atoms with E-state index in [4.69, 9.17) is 4.74 Å². The van der Waals surface area contributed by atoms with Crippen molar-refractivity contribution in [1.82, 2.24) is 10.6 Å². The van der Waals surface area contributed by atoms with Gasteiger partial charge in [-0.1, -0.05) is 62.4 Å². The summed E-state index contributed by atoms with van der Waals surface area (Å²) < 4.78 is 5.47. The van der Waals surface area contributed by atoms with Gasteiger partial charge in [0.25, 0.3) is 0 Å². The van der Waals surface area contributed by atoms with E-state index in [1.165, 1.54) is 0 Å². The molecule has 164 valence electrons. The molecule has 3 N–H and O–H groups in total. The van der Waals surface area contributed by atoms with E-state index in [9.17, 15) is 19.5 Å². The van der Waals surface area contributed by atoms with Crippen LogP contribution < -0.4 is 10.6 Å². The third-order valence-electron chi connectivity index (χ3n) is 5.45. The standard InChI is InChI=1S/C24H28N2O5/c1-14(2)22(23(28)29)26-21(27)12-15(3)25-24(30)31-13-20-18-10-6-4-8-16(18)17-9-5-7-11-19(17)20/h4-11,14-15,20,22H,12-13H2,1-3H3,(H,25,30)(H,26,27)(H,28,29)/t15-,22?/m0/s1. The highest BCUT2D eigenvalue weighted by Gasteiger charge is 2.29. The summed E-state index contributed by atoms with van der Waals surface area (Å²) in [6, 6.07) is 14.7. The summed E-state index contributed by atoms with van der Waals surface area (Å²) in [5, 5.41) is 14.3. The number of hydrogen-bond donors (Lipinski definition) is 3. The van der Waals surface area contributed by atoms with Gasteiger partial charge in [0.15, 0.2) is 0 Å². The van der Waals surface area contributed by atoms with E-state index < -0.39 is 30.1 Å². The molecule has 0 aromatic heterocycles. The molecule has 7 heteroatoms. The number of aliphatic carboxylic acids is 1. The van der Waals surface area contributed by atoms with Gasteiger partial charge in [0.05, 0.1) is 0 Å². The third-order valence-corrected chi connectivity index (χ3v) is 5.45. The maximum absolute atomic E-state index is 12.3. The lowest BCUT2D eigenvalue weighted by molar-refractivity contribution is -0.143. The van der Waals surface area contributed by atoms with Crippen LogP contribution in [0, 0.1) is 5.92 Å². The summed E-state index contributed by atoms with van der Waals surface area (Å²) in [6.07, 6.45) is -0.651. The van der Waals surface area contributed by atoms with Crippen molar-refractivity contribution >= 4 is 18.0 Å². The van der Waals surface area contributed by atoms with E-state index >= 15 is 0 Å². The molecular weight excluding hydrogens is 396 g/mol. The van der Waals surface area contributed by atoms with Gasteiger partial charge in [-0.05, 0) is 35.1 Å². The first-order valence-electron chi connectivity index (χ1n) is 10.4. The summed E-state index contributed by atoms with van der Waals surface area (Å²) in [5.41, 5.74) is 4.54. The number of fused-ring (bicyclic) bond motifs is 3. The Labute approximate surface area is 181 Å². The van der Waals surface area contributed by atoms with Gasteiger partial charge >= 0.3 is 12.1 Å². The molecule has 0 aliphatic heterocycles. The Hall–Kier alpha value is -3.35. The highest BCUT2D eigenvalue weighted by atomic mass is 16.5. The molecule has 0 heterocycles. The van der Waals surface area contributed by atoms with Crippen LogP contribution in [0.5, 0.6) is 0 Å². The molecule has 0 fully saturated rings. The highest BCUT2D eigenvalue weighted by Crippen LogP contribution is 2.44. The summed E-state index contributed by atoms with van der Waals surface area (Å²) in [6.45, 7) is 5.30. The van der Waals surface area contributed by atoms with E-state index in [1.807, 2.05) is 36.4 Å². The Morgan fingerprint density at radius 1 is 0.935 bits per heavy atom. The van der Waals surface area contributed by atoms with Gasteiger partial charge in [-0.25, -0.2) is 9.59 Å². The van der Waals surface area contributed by atoms with Crippen LogP contribution in [0.25, 0.3) is 11.1 Å². The smallest absolute Gasteiger partial charge is 0.407 e. The molecule has 0 saturated heterocycles. The van der Waals surface area contributed by atoms with Crippen LogP contribution in [-0.4, -0.2) is 41.8 Å². The number of carboxylic acid groups (broad SMARTS) is 1. The molecule has 1 aliphatic rings. The first-order chi connectivity index (χ1) is 14.8. The van der Waals surface area contributed by atoms with Gasteiger partial charge in [0.1, 0.15) is 12.6 Å². The number of carbonyl (C=O) groups excluding carboxylic acids is 2. The zero-order valence-corrected chi connectivity index (χ0v) is 17.9. The Kier molecular flexibility index (Phi) is 6.95. The zero-order chi connectivity index (χ0) is 22.5. The number of rotatable bonds is 8. The van der Waals surface area contributed by atoms with Gasteiger partial charge in [0.2, 0.25) is 5.91 Å². The Bertz CT molecular complexity index is 926. The quantitative estimate of drug-likeness (QED) is 0.601. The number of carbonyl (C=O) groups is 3. The molecule has 0 radical (unpaired) electrons. The molecule has 2 amide bonds. The van der Waals surface area contributed by atoms with Crippen LogP contribution in [0.1, 0.15) is 44.2 Å². The fourth-order valence-corrected chi connectivity index (χ4v) is 3.92. The first-order valence-corrected chi connectivity index (χ1v) is 10.4. The molecule has 0 spiro atoms. The Morgan fingerprint density at radius 3 is 2.00 bits per heavy atom. The molecule has 1 aliphatic carbocycles. The SMILES string of the molecule is CC(C)C(NC(=O)C[C@H](C)NC(=O)OCC1c2ccccc2-c2ccccc21)C(=O)O. The lowest BCUT2D eigenvalue weighted by Gasteiger charge is -2.20. The van der Waals surface area contributed by atoms with Crippen LogP contribution in [-0.2, 0) is 14.3 Å². The van der Waals surface area contributed by atoms with Crippen molar-refractivity contribution in [1.29, 1.82) is 0 Å². The summed E-state index contributed by atoms with van der Waals surface area (Å²) >= 11 is 0. The lowest BCUT2D eigenvalue weighted by atomic mass is 9.98. The fraction of sp³-hybridized carbons (Fsp3) is 0.375. The summed E-state index contributed by atoms with van der Waals surface area (Å²) in [4.78, 5) is 35.6. The molecule has 1 unspecified atom stereocenters. The highest BCUT2D eigenvalue weighted by molar-refractivity contribution is 5.84. The van der Waals surface area contributed by atoms with E-state index in [2.05, 4.69) is 22.8 Å². The summed E-state index contributed by atoms with van der Waals surface area (Å²) in [7, 11) is 0. The van der Waals surface area contributed by atoms with E-state index in [1.54, 1.807) is 20.8 Å². The van der Waals surface area contributed by atoms with Crippen LogP contribution in [0.2, 0.25) is 0 Å². The summed E-state index contributed by atoms with van der Waals surface area (Å²) in [5.74, 6) is -1.81. The number of carboxylic acids is 1. The topological polar surface area (TPSA) is 105 Å². The van der Waals surface area contributed by atoms with Gasteiger partial charge in [-0.15, -0.1) is 0 Å². The van der Waals surface area contributed by atoms with Crippen molar-refractivity contribution in [3.63, 3.8) is 0 Å². The zero-order valence-electron chi connectivity index (χ0n) is 17.9. The monoisotopic (exact) mass is 424 g/mol. The molecule has 31 heavy (non-hydrogen) atoms. The fourth-order valence-electron chi connectivity index (χ4n) is 3.92. The second kappa shape index (κ2) is 9.64. The Balaban J connectivity index is 1.54. The average Bonchev–Trinajstić information content (AvgIpc) is 3.04. The van der Waals surface area contributed by atoms with E-state index in [0.29, 0.717) is 0 Å². The maximum atomic E-state index is 12.3. The largest absolute Gasteiger partial charge is 0.480 e. The van der Waals surface area contributed by atoms with Gasteiger partial charge in [0, 0.05) is 18.4 Å². The van der Waals surface area contributed by atoms with Gasteiger partial charge in [-0.3, -0.25) is 4.79 Å². The minimum absolute atomic E-state index is 0.0410. The predicted molar refractivity (Wildman–Crippen MR) is 117 cm³/mol. The average molecular weight is 424 g/mol. The molecule has 7 nitrogen and oxygen atoms in total. The van der Waals surface area contributed by atoms with Crippen LogP contribution in [0.4, 0.5) is 4.79 Å². The van der Waals surface area contributed by atoms with Crippen molar-refractivity contribution in [3.05, 3.63) is 59.7 Å². The normalized spacial score (nSPS) is 14.3. The van der Waals surface area contributed by atoms with Crippen LogP contribution in [0.15, 0.2) is 48.5 Å².